The van der Waals surface area contributed by atoms with Gasteiger partial charge in [0.2, 0.25) is 0 Å². The van der Waals surface area contributed by atoms with E-state index >= 15 is 0 Å². The summed E-state index contributed by atoms with van der Waals surface area (Å²) < 4.78 is 0. The average Bonchev–Trinajstić information content (AvgIpc) is 2.77. The number of halogens is 1. The first-order chi connectivity index (χ1) is 9.52. The lowest BCUT2D eigenvalue weighted by Gasteiger charge is -2.30. The van der Waals surface area contributed by atoms with Gasteiger partial charge in [-0.15, -0.1) is 0 Å². The normalized spacial score (nSPS) is 22.8. The zero-order valence-corrected chi connectivity index (χ0v) is 13.7. The van der Waals surface area contributed by atoms with Crippen LogP contribution in [0.25, 0.3) is 0 Å². The number of nitrogens with zero attached hydrogens (tertiary/aromatic N) is 2. The Bertz CT molecular complexity index is 447. The summed E-state index contributed by atoms with van der Waals surface area (Å²) in [6.45, 7) is 9.60. The van der Waals surface area contributed by atoms with Crippen molar-refractivity contribution in [3.8, 4) is 0 Å². The summed E-state index contributed by atoms with van der Waals surface area (Å²) in [4.78, 5) is 7.05. The lowest BCUT2D eigenvalue weighted by molar-refractivity contribution is 0.587. The molecule has 0 radical (unpaired) electrons. The Morgan fingerprint density at radius 1 is 1.45 bits per heavy atom. The molecule has 1 saturated heterocycles. The second kappa shape index (κ2) is 6.77. The monoisotopic (exact) mass is 295 g/mol. The Balaban J connectivity index is 2.16. The summed E-state index contributed by atoms with van der Waals surface area (Å²) in [6.07, 6.45) is 5.58. The minimum absolute atomic E-state index is 0.469. The van der Waals surface area contributed by atoms with Crippen molar-refractivity contribution in [1.82, 2.24) is 10.3 Å². The van der Waals surface area contributed by atoms with Crippen LogP contribution in [0.4, 0.5) is 5.82 Å². The summed E-state index contributed by atoms with van der Waals surface area (Å²) >= 11 is 6.48. The Labute approximate surface area is 127 Å². The van der Waals surface area contributed by atoms with Crippen molar-refractivity contribution in [1.29, 1.82) is 0 Å². The van der Waals surface area contributed by atoms with Crippen LogP contribution >= 0.6 is 11.6 Å². The summed E-state index contributed by atoms with van der Waals surface area (Å²) in [7, 11) is 0. The molecule has 2 rings (SSSR count). The SMILES string of the molecule is CCC1CCC(C)N1c1ncc(CNC(C)C)cc1Cl. The fraction of sp³-hybridized carbons (Fsp3) is 0.688. The van der Waals surface area contributed by atoms with E-state index in [2.05, 4.69) is 49.0 Å². The third-order valence-electron chi connectivity index (χ3n) is 4.09. The maximum atomic E-state index is 6.48. The van der Waals surface area contributed by atoms with Crippen LogP contribution in [0.15, 0.2) is 12.3 Å². The van der Waals surface area contributed by atoms with E-state index in [9.17, 15) is 0 Å². The van der Waals surface area contributed by atoms with Crippen molar-refractivity contribution in [2.45, 2.75) is 71.6 Å². The van der Waals surface area contributed by atoms with Crippen molar-refractivity contribution in [2.75, 3.05) is 4.90 Å². The molecule has 1 aliphatic rings. The van der Waals surface area contributed by atoms with E-state index < -0.39 is 0 Å². The highest BCUT2D eigenvalue weighted by atomic mass is 35.5. The quantitative estimate of drug-likeness (QED) is 0.890. The number of pyridine rings is 1. The Morgan fingerprint density at radius 2 is 2.20 bits per heavy atom. The van der Waals surface area contributed by atoms with Gasteiger partial charge in [0.1, 0.15) is 5.82 Å². The zero-order chi connectivity index (χ0) is 14.7. The fourth-order valence-electron chi connectivity index (χ4n) is 2.93. The van der Waals surface area contributed by atoms with Gasteiger partial charge in [-0.05, 0) is 37.8 Å². The van der Waals surface area contributed by atoms with Gasteiger partial charge in [-0.1, -0.05) is 32.4 Å². The van der Waals surface area contributed by atoms with Gasteiger partial charge in [0, 0.05) is 30.9 Å². The van der Waals surface area contributed by atoms with Gasteiger partial charge in [0.05, 0.1) is 5.02 Å². The smallest absolute Gasteiger partial charge is 0.147 e. The third-order valence-corrected chi connectivity index (χ3v) is 4.37. The summed E-state index contributed by atoms with van der Waals surface area (Å²) in [5.41, 5.74) is 1.15. The molecule has 1 fully saturated rings. The Kier molecular flexibility index (Phi) is 5.28. The predicted molar refractivity (Wildman–Crippen MR) is 86.5 cm³/mol. The largest absolute Gasteiger partial charge is 0.350 e. The maximum Gasteiger partial charge on any atom is 0.147 e. The van der Waals surface area contributed by atoms with Crippen LogP contribution in [0.5, 0.6) is 0 Å². The molecule has 112 valence electrons. The summed E-state index contributed by atoms with van der Waals surface area (Å²) in [5.74, 6) is 0.955. The van der Waals surface area contributed by atoms with E-state index in [4.69, 9.17) is 11.6 Å². The van der Waals surface area contributed by atoms with E-state index in [1.54, 1.807) is 0 Å². The second-order valence-electron chi connectivity index (χ2n) is 6.08. The third kappa shape index (κ3) is 3.44. The number of hydrogen-bond acceptors (Lipinski definition) is 3. The molecule has 1 aromatic rings. The highest BCUT2D eigenvalue weighted by molar-refractivity contribution is 6.33. The van der Waals surface area contributed by atoms with Crippen LogP contribution in [0, 0.1) is 0 Å². The van der Waals surface area contributed by atoms with Crippen molar-refractivity contribution >= 4 is 17.4 Å². The van der Waals surface area contributed by atoms with Crippen LogP contribution in [0.2, 0.25) is 5.02 Å². The molecule has 0 bridgehead atoms. The summed E-state index contributed by atoms with van der Waals surface area (Å²) in [6, 6.07) is 3.63. The highest BCUT2D eigenvalue weighted by Gasteiger charge is 2.31. The standard InChI is InChI=1S/C16H26ClN3/c1-5-14-7-6-12(4)20(14)16-15(17)8-13(10-19-16)9-18-11(2)3/h8,10-12,14,18H,5-7,9H2,1-4H3. The molecule has 2 unspecified atom stereocenters. The van der Waals surface area contributed by atoms with Crippen LogP contribution in [-0.4, -0.2) is 23.1 Å². The molecule has 0 spiro atoms. The molecule has 2 atom stereocenters. The van der Waals surface area contributed by atoms with Crippen molar-refractivity contribution in [2.24, 2.45) is 0 Å². The topological polar surface area (TPSA) is 28.2 Å². The summed E-state index contributed by atoms with van der Waals surface area (Å²) in [5, 5.41) is 4.17. The minimum atomic E-state index is 0.469. The molecule has 0 aliphatic carbocycles. The van der Waals surface area contributed by atoms with E-state index in [0.717, 1.165) is 29.4 Å². The van der Waals surface area contributed by atoms with Crippen molar-refractivity contribution in [3.05, 3.63) is 22.8 Å². The maximum absolute atomic E-state index is 6.48. The Hall–Kier alpha value is -0.800. The number of rotatable bonds is 5. The zero-order valence-electron chi connectivity index (χ0n) is 13.0. The fourth-order valence-corrected chi connectivity index (χ4v) is 3.22. The lowest BCUT2D eigenvalue weighted by atomic mass is 10.1. The first kappa shape index (κ1) is 15.6. The molecular formula is C16H26ClN3. The molecule has 0 saturated carbocycles. The Morgan fingerprint density at radius 3 is 2.80 bits per heavy atom. The molecule has 1 N–H and O–H groups in total. The van der Waals surface area contributed by atoms with Gasteiger partial charge < -0.3 is 10.2 Å². The van der Waals surface area contributed by atoms with E-state index in [0.29, 0.717) is 18.1 Å². The molecule has 4 heteroatoms. The predicted octanol–water partition coefficient (Wildman–Crippen LogP) is 4.00. The van der Waals surface area contributed by atoms with E-state index in [1.807, 2.05) is 6.20 Å². The van der Waals surface area contributed by atoms with E-state index in [1.165, 1.54) is 12.8 Å². The van der Waals surface area contributed by atoms with Gasteiger partial charge in [0.25, 0.3) is 0 Å². The molecule has 1 aliphatic heterocycles. The second-order valence-corrected chi connectivity index (χ2v) is 6.49. The number of hydrogen-bond donors (Lipinski definition) is 1. The first-order valence-electron chi connectivity index (χ1n) is 7.69. The van der Waals surface area contributed by atoms with Crippen LogP contribution in [-0.2, 0) is 6.54 Å². The van der Waals surface area contributed by atoms with Gasteiger partial charge in [-0.25, -0.2) is 4.98 Å². The lowest BCUT2D eigenvalue weighted by Crippen LogP contribution is -2.35. The number of aromatic nitrogens is 1. The molecule has 0 amide bonds. The molecule has 3 nitrogen and oxygen atoms in total. The molecular weight excluding hydrogens is 270 g/mol. The van der Waals surface area contributed by atoms with Gasteiger partial charge in [-0.3, -0.25) is 0 Å². The number of anilines is 1. The van der Waals surface area contributed by atoms with Crippen LogP contribution in [0.1, 0.15) is 52.5 Å². The van der Waals surface area contributed by atoms with Gasteiger partial charge >= 0.3 is 0 Å². The van der Waals surface area contributed by atoms with Crippen LogP contribution < -0.4 is 10.2 Å². The number of nitrogens with one attached hydrogen (secondary N) is 1. The first-order valence-corrected chi connectivity index (χ1v) is 8.06. The van der Waals surface area contributed by atoms with Gasteiger partial charge in [0.15, 0.2) is 0 Å². The van der Waals surface area contributed by atoms with Crippen LogP contribution in [0.3, 0.4) is 0 Å². The van der Waals surface area contributed by atoms with Crippen molar-refractivity contribution < 1.29 is 0 Å². The molecule has 2 heterocycles. The molecule has 1 aromatic heterocycles. The van der Waals surface area contributed by atoms with E-state index in [-0.39, 0.29) is 0 Å². The highest BCUT2D eigenvalue weighted by Crippen LogP contribution is 2.35. The molecule has 0 aromatic carbocycles. The molecule has 20 heavy (non-hydrogen) atoms. The van der Waals surface area contributed by atoms with Crippen molar-refractivity contribution in [3.63, 3.8) is 0 Å². The minimum Gasteiger partial charge on any atom is -0.350 e. The van der Waals surface area contributed by atoms with Gasteiger partial charge in [-0.2, -0.15) is 0 Å². The average molecular weight is 296 g/mol.